The Morgan fingerprint density at radius 2 is 1.31 bits per heavy atom. The number of aryl methyl sites for hydroxylation is 1. The van der Waals surface area contributed by atoms with Gasteiger partial charge in [0.25, 0.3) is 10.0 Å². The normalized spacial score (nSPS) is 17.6. The van der Waals surface area contributed by atoms with Gasteiger partial charge in [-0.1, -0.05) is 130 Å². The van der Waals surface area contributed by atoms with Crippen molar-refractivity contribution in [3.63, 3.8) is 0 Å². The van der Waals surface area contributed by atoms with Crippen molar-refractivity contribution in [3.8, 4) is 0 Å². The highest BCUT2D eigenvalue weighted by Crippen LogP contribution is 2.52. The van der Waals surface area contributed by atoms with E-state index >= 15 is 0 Å². The van der Waals surface area contributed by atoms with Gasteiger partial charge in [-0.2, -0.15) is 4.58 Å². The number of anilines is 1. The van der Waals surface area contributed by atoms with Crippen LogP contribution < -0.4 is 4.90 Å². The number of allylic oxidation sites excluding steroid dienone is 7. The van der Waals surface area contributed by atoms with Crippen molar-refractivity contribution in [1.82, 2.24) is 4.31 Å². The predicted octanol–water partition coefficient (Wildman–Crippen LogP) is 12.6. The van der Waals surface area contributed by atoms with Crippen molar-refractivity contribution in [2.75, 3.05) is 30.8 Å². The van der Waals surface area contributed by atoms with Crippen molar-refractivity contribution < 1.29 is 26.0 Å². The summed E-state index contributed by atoms with van der Waals surface area (Å²) in [5.74, 6) is -0.420. The fourth-order valence-electron chi connectivity index (χ4n) is 11.0. The molecule has 0 amide bonds. The minimum atomic E-state index is -4.36. The van der Waals surface area contributed by atoms with E-state index in [1.807, 2.05) is 43.3 Å². The number of likely N-dealkylation sites (N-methyl/N-ethyl adjacent to an activating group) is 1. The van der Waals surface area contributed by atoms with Crippen molar-refractivity contribution in [3.05, 3.63) is 185 Å². The quantitative estimate of drug-likeness (QED) is 0.0577. The molecule has 0 radical (unpaired) electrons. The summed E-state index contributed by atoms with van der Waals surface area (Å²) in [6, 6.07) is 40.9. The van der Waals surface area contributed by atoms with Gasteiger partial charge in [-0.05, 0) is 115 Å². The zero-order valence-electron chi connectivity index (χ0n) is 40.2. The molecule has 350 valence electrons. The summed E-state index contributed by atoms with van der Waals surface area (Å²) in [6.07, 6.45) is 12.5. The van der Waals surface area contributed by atoms with Crippen LogP contribution in [0.15, 0.2) is 162 Å². The Kier molecular flexibility index (Phi) is 12.5. The van der Waals surface area contributed by atoms with Crippen LogP contribution >= 0.6 is 0 Å². The van der Waals surface area contributed by atoms with Crippen LogP contribution in [0, 0.1) is 6.92 Å². The predicted molar refractivity (Wildman–Crippen MR) is 279 cm³/mol. The molecule has 2 aliphatic heterocycles. The molecule has 0 spiro atoms. The standard InChI is InChI=1S/C58H61N3O5S2/c1-8-9-16-37-60-50-33-27-41-19-10-12-21-44(41)54(50)57(3,4)52(60)35-31-48-46-23-14-15-24-47(46)49(56(48)59(7)68(65,66)43-29-25-40(2)26-30-43)32-36-53-58(5,6)55-45-22-13-11-20-42(45)28-34-51(55)61(53)38-17-18-39-67(62,63)64/h10-15,19-36H,8-9,16-18,37-39H2,1-7H3. The molecule has 3 aliphatic rings. The molecule has 9 rings (SSSR count). The molecule has 1 aliphatic carbocycles. The van der Waals surface area contributed by atoms with E-state index in [1.165, 1.54) is 26.3 Å². The molecule has 0 saturated heterocycles. The van der Waals surface area contributed by atoms with Crippen LogP contribution in [-0.4, -0.2) is 61.9 Å². The second kappa shape index (κ2) is 18.1. The number of fused-ring (bicyclic) bond motifs is 7. The molecular formula is C58H61N3O5S2. The largest absolute Gasteiger partial charge is 0.748 e. The smallest absolute Gasteiger partial charge is 0.264 e. The lowest BCUT2D eigenvalue weighted by Gasteiger charge is -2.28. The summed E-state index contributed by atoms with van der Waals surface area (Å²) in [5.41, 5.74) is 10.9. The number of hydrogen-bond acceptors (Lipinski definition) is 6. The van der Waals surface area contributed by atoms with Crippen molar-refractivity contribution >= 4 is 69.9 Å². The molecule has 0 bridgehead atoms. The van der Waals surface area contributed by atoms with E-state index in [0.29, 0.717) is 18.7 Å². The third-order valence-corrected chi connectivity index (χ3v) is 16.9. The van der Waals surface area contributed by atoms with E-state index in [-0.39, 0.29) is 16.7 Å². The zero-order valence-corrected chi connectivity index (χ0v) is 41.8. The lowest BCUT2D eigenvalue weighted by atomic mass is 9.79. The summed E-state index contributed by atoms with van der Waals surface area (Å²) in [7, 11) is -6.76. The molecule has 68 heavy (non-hydrogen) atoms. The highest BCUT2D eigenvalue weighted by molar-refractivity contribution is 7.89. The molecule has 0 saturated carbocycles. The molecule has 0 N–H and O–H groups in total. The van der Waals surface area contributed by atoms with Crippen LogP contribution in [0.25, 0.3) is 32.7 Å². The van der Waals surface area contributed by atoms with Crippen LogP contribution in [0.5, 0.6) is 0 Å². The van der Waals surface area contributed by atoms with Gasteiger partial charge in [-0.3, -0.25) is 4.31 Å². The van der Waals surface area contributed by atoms with Crippen LogP contribution in [0.1, 0.15) is 94.5 Å². The highest BCUT2D eigenvalue weighted by atomic mass is 32.2. The fourth-order valence-corrected chi connectivity index (χ4v) is 12.8. The maximum Gasteiger partial charge on any atom is 0.264 e. The summed E-state index contributed by atoms with van der Waals surface area (Å²) in [5, 5.41) is 4.69. The van der Waals surface area contributed by atoms with Gasteiger partial charge in [0.1, 0.15) is 6.54 Å². The van der Waals surface area contributed by atoms with E-state index in [4.69, 9.17) is 0 Å². The molecule has 0 aromatic heterocycles. The lowest BCUT2D eigenvalue weighted by molar-refractivity contribution is -0.438. The van der Waals surface area contributed by atoms with Gasteiger partial charge in [0.05, 0.1) is 26.1 Å². The number of nitrogens with zero attached hydrogens (tertiary/aromatic N) is 3. The Morgan fingerprint density at radius 3 is 1.99 bits per heavy atom. The first-order valence-electron chi connectivity index (χ1n) is 23.9. The molecule has 10 heteroatoms. The first-order valence-corrected chi connectivity index (χ1v) is 26.9. The topological polar surface area (TPSA) is 101 Å². The van der Waals surface area contributed by atoms with Gasteiger partial charge in [-0.25, -0.2) is 16.8 Å². The fraction of sp³-hybridized carbons (Fsp3) is 0.293. The highest BCUT2D eigenvalue weighted by Gasteiger charge is 2.46. The summed E-state index contributed by atoms with van der Waals surface area (Å²) < 4.78 is 68.8. The molecule has 0 fully saturated rings. The van der Waals surface area contributed by atoms with Crippen molar-refractivity contribution in [2.45, 2.75) is 89.4 Å². The van der Waals surface area contributed by atoms with Crippen molar-refractivity contribution in [1.29, 1.82) is 0 Å². The maximum atomic E-state index is 15.0. The minimum Gasteiger partial charge on any atom is -0.748 e. The molecule has 0 atom stereocenters. The number of hydrogen-bond donors (Lipinski definition) is 0. The van der Waals surface area contributed by atoms with Gasteiger partial charge >= 0.3 is 0 Å². The molecule has 0 unspecified atom stereocenters. The Morgan fingerprint density at radius 1 is 0.676 bits per heavy atom. The summed E-state index contributed by atoms with van der Waals surface area (Å²) in [4.78, 5) is 2.46. The molecule has 6 aromatic carbocycles. The van der Waals surface area contributed by atoms with Gasteiger partial charge < -0.3 is 9.45 Å². The molecule has 2 heterocycles. The van der Waals surface area contributed by atoms with Crippen LogP contribution in [0.3, 0.4) is 0 Å². The maximum absolute atomic E-state index is 15.0. The van der Waals surface area contributed by atoms with E-state index in [0.717, 1.165) is 87.1 Å². The number of unbranched alkanes of at least 4 members (excludes halogenated alkanes) is 3. The second-order valence-electron chi connectivity index (χ2n) is 19.5. The van der Waals surface area contributed by atoms with Crippen LogP contribution in [-0.2, 0) is 31.0 Å². The van der Waals surface area contributed by atoms with Gasteiger partial charge in [0.2, 0.25) is 5.69 Å². The molecule has 8 nitrogen and oxygen atoms in total. The monoisotopic (exact) mass is 943 g/mol. The first-order chi connectivity index (χ1) is 32.4. The Labute approximate surface area is 403 Å². The SMILES string of the molecule is CCCCC[N+]1=C(/C=C/C2=C(N(C)S(=O)(=O)c3ccc(C)cc3)C(=C/C=C3/N(CCCCS(=O)(=O)[O-])c4ccc5ccccc5c4C3(C)C)/c3ccccc32)C(C)(C)c2c1ccc1ccccc21. The second-order valence-corrected chi connectivity index (χ2v) is 23.0. The average molecular weight is 944 g/mol. The first kappa shape index (κ1) is 47.0. The Bertz CT molecular complexity index is 3380. The van der Waals surface area contributed by atoms with E-state index in [2.05, 4.69) is 141 Å². The average Bonchev–Trinajstić information content (AvgIpc) is 3.83. The summed E-state index contributed by atoms with van der Waals surface area (Å²) in [6.45, 7) is 14.6. The minimum absolute atomic E-state index is 0.205. The van der Waals surface area contributed by atoms with Crippen molar-refractivity contribution in [2.24, 2.45) is 0 Å². The zero-order chi connectivity index (χ0) is 48.2. The van der Waals surface area contributed by atoms with Crippen LogP contribution in [0.4, 0.5) is 11.4 Å². The van der Waals surface area contributed by atoms with Gasteiger partial charge in [0, 0.05) is 71.4 Å². The molecular weight excluding hydrogens is 883 g/mol. The Balaban J connectivity index is 1.24. The van der Waals surface area contributed by atoms with E-state index in [9.17, 15) is 21.4 Å². The van der Waals surface area contributed by atoms with E-state index < -0.39 is 31.3 Å². The molecule has 6 aromatic rings. The summed E-state index contributed by atoms with van der Waals surface area (Å²) >= 11 is 0. The number of rotatable bonds is 15. The van der Waals surface area contributed by atoms with Crippen LogP contribution in [0.2, 0.25) is 0 Å². The third-order valence-electron chi connectivity index (χ3n) is 14.3. The van der Waals surface area contributed by atoms with E-state index in [1.54, 1.807) is 19.2 Å². The number of benzene rings is 6. The third kappa shape index (κ3) is 8.34. The number of sulfonamides is 1. The van der Waals surface area contributed by atoms with Gasteiger partial charge in [-0.15, -0.1) is 0 Å². The lowest BCUT2D eigenvalue weighted by Crippen LogP contribution is -2.28. The van der Waals surface area contributed by atoms with Gasteiger partial charge in [0.15, 0.2) is 5.71 Å². The Hall–Kier alpha value is -6.07.